The second-order valence-corrected chi connectivity index (χ2v) is 9.09. The van der Waals surface area contributed by atoms with E-state index in [-0.39, 0.29) is 35.7 Å². The Labute approximate surface area is 175 Å². The Morgan fingerprint density at radius 3 is 2.57 bits per heavy atom. The Morgan fingerprint density at radius 2 is 1.87 bits per heavy atom. The number of likely N-dealkylation sites (tertiary alicyclic amines) is 1. The molecule has 1 heterocycles. The van der Waals surface area contributed by atoms with E-state index in [0.29, 0.717) is 37.2 Å². The molecule has 3 N–H and O–H groups in total. The first kappa shape index (κ1) is 21.9. The summed E-state index contributed by atoms with van der Waals surface area (Å²) < 4.78 is 35.6. The van der Waals surface area contributed by atoms with Crippen LogP contribution < -0.4 is 10.5 Å². The molecule has 0 aliphatic carbocycles. The van der Waals surface area contributed by atoms with E-state index in [0.717, 1.165) is 5.56 Å². The van der Waals surface area contributed by atoms with Gasteiger partial charge < -0.3 is 10.2 Å². The van der Waals surface area contributed by atoms with Crippen molar-refractivity contribution < 1.29 is 22.4 Å². The van der Waals surface area contributed by atoms with E-state index in [9.17, 15) is 22.4 Å². The molecule has 160 valence electrons. The summed E-state index contributed by atoms with van der Waals surface area (Å²) in [5.41, 5.74) is 1.69. The van der Waals surface area contributed by atoms with E-state index in [1.165, 1.54) is 12.1 Å². The van der Waals surface area contributed by atoms with Crippen LogP contribution in [0.3, 0.4) is 0 Å². The zero-order valence-corrected chi connectivity index (χ0v) is 17.2. The van der Waals surface area contributed by atoms with Crippen LogP contribution in [0.2, 0.25) is 0 Å². The average Bonchev–Trinajstić information content (AvgIpc) is 2.69. The van der Waals surface area contributed by atoms with Crippen molar-refractivity contribution in [3.05, 3.63) is 65.5 Å². The summed E-state index contributed by atoms with van der Waals surface area (Å²) in [5, 5.41) is 7.87. The maximum Gasteiger partial charge on any atom is 0.229 e. The molecule has 1 fully saturated rings. The third-order valence-corrected chi connectivity index (χ3v) is 5.71. The topological polar surface area (TPSA) is 110 Å². The van der Waals surface area contributed by atoms with E-state index in [2.05, 4.69) is 5.32 Å². The fraction of sp³-hybridized carbons (Fsp3) is 0.333. The fourth-order valence-corrected chi connectivity index (χ4v) is 4.17. The number of hydrogen-bond donors (Lipinski definition) is 2. The molecule has 1 unspecified atom stereocenters. The summed E-state index contributed by atoms with van der Waals surface area (Å²) in [7, 11) is -3.67. The van der Waals surface area contributed by atoms with Crippen LogP contribution >= 0.6 is 0 Å². The number of hydrogen-bond acceptors (Lipinski definition) is 4. The molecule has 0 radical (unpaired) electrons. The molecule has 0 bridgehead atoms. The van der Waals surface area contributed by atoms with E-state index in [4.69, 9.17) is 5.14 Å². The van der Waals surface area contributed by atoms with Crippen LogP contribution in [0, 0.1) is 11.7 Å². The van der Waals surface area contributed by atoms with Crippen LogP contribution in [0.25, 0.3) is 0 Å². The van der Waals surface area contributed by atoms with Gasteiger partial charge in [-0.2, -0.15) is 0 Å². The van der Waals surface area contributed by atoms with Gasteiger partial charge >= 0.3 is 0 Å². The molecule has 30 heavy (non-hydrogen) atoms. The molecule has 1 aliphatic rings. The van der Waals surface area contributed by atoms with E-state index < -0.39 is 10.0 Å². The first-order chi connectivity index (χ1) is 14.2. The Morgan fingerprint density at radius 1 is 1.13 bits per heavy atom. The van der Waals surface area contributed by atoms with Crippen LogP contribution in [-0.4, -0.2) is 38.2 Å². The van der Waals surface area contributed by atoms with Gasteiger partial charge in [0.2, 0.25) is 21.8 Å². The number of benzene rings is 2. The smallest absolute Gasteiger partial charge is 0.229 e. The Bertz CT molecular complexity index is 1020. The third-order valence-electron chi connectivity index (χ3n) is 4.98. The first-order valence-corrected chi connectivity index (χ1v) is 11.3. The molecular formula is C21H24FN3O4S. The minimum Gasteiger partial charge on any atom is -0.342 e. The molecule has 1 aliphatic heterocycles. The zero-order chi connectivity index (χ0) is 21.7. The zero-order valence-electron chi connectivity index (χ0n) is 16.4. The molecule has 0 aromatic heterocycles. The van der Waals surface area contributed by atoms with Crippen molar-refractivity contribution in [3.8, 4) is 0 Å². The molecule has 1 atom stereocenters. The number of carbonyl (C=O) groups is 2. The van der Waals surface area contributed by atoms with Gasteiger partial charge in [-0.05, 0) is 48.2 Å². The van der Waals surface area contributed by atoms with Gasteiger partial charge in [0.15, 0.2) is 0 Å². The van der Waals surface area contributed by atoms with Crippen molar-refractivity contribution in [1.29, 1.82) is 0 Å². The molecule has 2 aromatic carbocycles. The predicted molar refractivity (Wildman–Crippen MR) is 111 cm³/mol. The summed E-state index contributed by atoms with van der Waals surface area (Å²) in [4.78, 5) is 26.9. The molecule has 2 amide bonds. The predicted octanol–water partition coefficient (Wildman–Crippen LogP) is 2.03. The van der Waals surface area contributed by atoms with Gasteiger partial charge in [0.25, 0.3) is 0 Å². The Hall–Kier alpha value is -2.78. The number of amides is 2. The molecule has 2 aromatic rings. The lowest BCUT2D eigenvalue weighted by Crippen LogP contribution is -2.44. The summed E-state index contributed by atoms with van der Waals surface area (Å²) in [6, 6.07) is 12.3. The van der Waals surface area contributed by atoms with Crippen LogP contribution in [0.4, 0.5) is 10.1 Å². The number of carbonyl (C=O) groups excluding carboxylic acids is 2. The molecule has 1 saturated heterocycles. The minimum atomic E-state index is -3.67. The average molecular weight is 434 g/mol. The molecule has 0 saturated carbocycles. The maximum atomic E-state index is 13.0. The van der Waals surface area contributed by atoms with Crippen LogP contribution in [0.15, 0.2) is 48.5 Å². The van der Waals surface area contributed by atoms with Gasteiger partial charge in [-0.15, -0.1) is 0 Å². The normalized spacial score (nSPS) is 16.9. The highest BCUT2D eigenvalue weighted by Gasteiger charge is 2.28. The molecule has 3 rings (SSSR count). The summed E-state index contributed by atoms with van der Waals surface area (Å²) in [6.45, 7) is 0.885. The van der Waals surface area contributed by atoms with Gasteiger partial charge in [-0.3, -0.25) is 9.59 Å². The van der Waals surface area contributed by atoms with Crippen molar-refractivity contribution in [1.82, 2.24) is 4.90 Å². The van der Waals surface area contributed by atoms with Gasteiger partial charge in [-0.25, -0.2) is 17.9 Å². The van der Waals surface area contributed by atoms with Crippen molar-refractivity contribution in [2.45, 2.75) is 25.0 Å². The maximum absolute atomic E-state index is 13.0. The van der Waals surface area contributed by atoms with E-state index in [1.807, 2.05) is 0 Å². The standard InChI is InChI=1S/C21H24FN3O4S/c22-18-8-6-15(7-9-18)12-20(26)25-10-2-4-17(13-25)21(27)24-19-5-1-3-16(11-19)14-30(23,28)29/h1,3,5-9,11,17H,2,4,10,12-14H2,(H,24,27)(H2,23,28,29). The van der Waals surface area contributed by atoms with Gasteiger partial charge in [-0.1, -0.05) is 24.3 Å². The molecule has 7 nitrogen and oxygen atoms in total. The number of piperidine rings is 1. The fourth-order valence-electron chi connectivity index (χ4n) is 3.52. The lowest BCUT2D eigenvalue weighted by atomic mass is 9.96. The minimum absolute atomic E-state index is 0.103. The first-order valence-electron chi connectivity index (χ1n) is 9.62. The number of nitrogens with two attached hydrogens (primary N) is 1. The highest BCUT2D eigenvalue weighted by Crippen LogP contribution is 2.21. The molecule has 9 heteroatoms. The van der Waals surface area contributed by atoms with Crippen LogP contribution in [0.1, 0.15) is 24.0 Å². The third kappa shape index (κ3) is 6.36. The van der Waals surface area contributed by atoms with Crippen LogP contribution in [-0.2, 0) is 31.8 Å². The highest BCUT2D eigenvalue weighted by molar-refractivity contribution is 7.88. The van der Waals surface area contributed by atoms with Crippen molar-refractivity contribution >= 4 is 27.5 Å². The number of sulfonamides is 1. The number of rotatable bonds is 6. The lowest BCUT2D eigenvalue weighted by molar-refractivity contribution is -0.133. The van der Waals surface area contributed by atoms with E-state index >= 15 is 0 Å². The summed E-state index contributed by atoms with van der Waals surface area (Å²) in [5.74, 6) is -1.35. The number of nitrogens with one attached hydrogen (secondary N) is 1. The highest BCUT2D eigenvalue weighted by atomic mass is 32.2. The summed E-state index contributed by atoms with van der Waals surface area (Å²) >= 11 is 0. The van der Waals surface area contributed by atoms with E-state index in [1.54, 1.807) is 41.3 Å². The quantitative estimate of drug-likeness (QED) is 0.726. The number of nitrogens with zero attached hydrogens (tertiary/aromatic N) is 1. The van der Waals surface area contributed by atoms with Gasteiger partial charge in [0, 0.05) is 18.8 Å². The molecule has 0 spiro atoms. The largest absolute Gasteiger partial charge is 0.342 e. The van der Waals surface area contributed by atoms with Crippen molar-refractivity contribution in [2.24, 2.45) is 11.1 Å². The van der Waals surface area contributed by atoms with Crippen molar-refractivity contribution in [2.75, 3.05) is 18.4 Å². The summed E-state index contributed by atoms with van der Waals surface area (Å²) in [6.07, 6.45) is 1.52. The second kappa shape index (κ2) is 9.36. The van der Waals surface area contributed by atoms with Crippen molar-refractivity contribution in [3.63, 3.8) is 0 Å². The van der Waals surface area contributed by atoms with Gasteiger partial charge in [0.05, 0.1) is 18.1 Å². The Balaban J connectivity index is 1.59. The van der Waals surface area contributed by atoms with Gasteiger partial charge in [0.1, 0.15) is 5.82 Å². The second-order valence-electron chi connectivity index (χ2n) is 7.48. The SMILES string of the molecule is NS(=O)(=O)Cc1cccc(NC(=O)C2CCCN(C(=O)Cc3ccc(F)cc3)C2)c1. The number of anilines is 1. The number of halogens is 1. The van der Waals surface area contributed by atoms with Crippen LogP contribution in [0.5, 0.6) is 0 Å². The lowest BCUT2D eigenvalue weighted by Gasteiger charge is -2.32. The number of primary sulfonamides is 1. The molecular weight excluding hydrogens is 409 g/mol. The Kier molecular flexibility index (Phi) is 6.84. The monoisotopic (exact) mass is 433 g/mol.